The van der Waals surface area contributed by atoms with Gasteiger partial charge in [-0.2, -0.15) is 13.2 Å². The molecule has 0 bridgehead atoms. The van der Waals surface area contributed by atoms with Crippen molar-refractivity contribution in [3.05, 3.63) is 18.2 Å². The molecule has 3 nitrogen and oxygen atoms in total. The number of halogens is 3. The van der Waals surface area contributed by atoms with Gasteiger partial charge in [0, 0.05) is 23.9 Å². The van der Waals surface area contributed by atoms with Crippen molar-refractivity contribution in [3.63, 3.8) is 0 Å². The molecule has 0 heterocycles. The predicted molar refractivity (Wildman–Crippen MR) is 49.0 cm³/mol. The molecular weight excluding hydrogens is 211 g/mol. The van der Waals surface area contributed by atoms with E-state index in [0.29, 0.717) is 5.75 Å². The van der Waals surface area contributed by atoms with E-state index in [9.17, 15) is 13.2 Å². The lowest BCUT2D eigenvalue weighted by Gasteiger charge is -2.10. The maximum Gasteiger partial charge on any atom is 0.422 e. The first-order valence-electron chi connectivity index (χ1n) is 4.05. The van der Waals surface area contributed by atoms with Crippen molar-refractivity contribution in [1.29, 1.82) is 0 Å². The van der Waals surface area contributed by atoms with Crippen LogP contribution in [0.4, 0.5) is 18.9 Å². The Hall–Kier alpha value is -1.59. The maximum absolute atomic E-state index is 11.8. The Bertz CT molecular complexity index is 339. The lowest BCUT2D eigenvalue weighted by atomic mass is 10.3. The predicted octanol–water partition coefficient (Wildman–Crippen LogP) is 2.22. The van der Waals surface area contributed by atoms with Crippen molar-refractivity contribution in [3.8, 4) is 11.5 Å². The molecule has 84 valence electrons. The van der Waals surface area contributed by atoms with Crippen LogP contribution in [0.15, 0.2) is 18.2 Å². The van der Waals surface area contributed by atoms with Crippen LogP contribution in [-0.4, -0.2) is 19.9 Å². The number of ether oxygens (including phenoxy) is 2. The summed E-state index contributed by atoms with van der Waals surface area (Å²) >= 11 is 0. The normalized spacial score (nSPS) is 11.2. The number of benzene rings is 1. The van der Waals surface area contributed by atoms with Gasteiger partial charge in [0.2, 0.25) is 0 Å². The van der Waals surface area contributed by atoms with Crippen LogP contribution >= 0.6 is 0 Å². The number of methoxy groups -OCH3 is 1. The van der Waals surface area contributed by atoms with Crippen molar-refractivity contribution in [2.45, 2.75) is 6.18 Å². The highest BCUT2D eigenvalue weighted by atomic mass is 19.4. The molecule has 0 aliphatic heterocycles. The van der Waals surface area contributed by atoms with Gasteiger partial charge in [0.15, 0.2) is 6.61 Å². The van der Waals surface area contributed by atoms with Crippen molar-refractivity contribution < 1.29 is 22.6 Å². The Kier molecular flexibility index (Phi) is 3.28. The van der Waals surface area contributed by atoms with E-state index in [1.165, 1.54) is 25.3 Å². The summed E-state index contributed by atoms with van der Waals surface area (Å²) in [6.45, 7) is -1.35. The Balaban J connectivity index is 2.73. The first-order chi connectivity index (χ1) is 6.90. The highest BCUT2D eigenvalue weighted by molar-refractivity contribution is 5.50. The van der Waals surface area contributed by atoms with E-state index in [0.717, 1.165) is 0 Å². The van der Waals surface area contributed by atoms with E-state index in [4.69, 9.17) is 10.5 Å². The summed E-state index contributed by atoms with van der Waals surface area (Å²) in [5.41, 5.74) is 5.72. The monoisotopic (exact) mass is 221 g/mol. The van der Waals surface area contributed by atoms with Crippen molar-refractivity contribution >= 4 is 5.69 Å². The zero-order chi connectivity index (χ0) is 11.5. The summed E-state index contributed by atoms with van der Waals surface area (Å²) in [6.07, 6.45) is -4.36. The van der Waals surface area contributed by atoms with Gasteiger partial charge in [-0.3, -0.25) is 0 Å². The lowest BCUT2D eigenvalue weighted by molar-refractivity contribution is -0.153. The third-order valence-electron chi connectivity index (χ3n) is 1.54. The molecule has 0 atom stereocenters. The summed E-state index contributed by atoms with van der Waals surface area (Å²) in [5, 5.41) is 0. The van der Waals surface area contributed by atoms with E-state index in [1.54, 1.807) is 0 Å². The molecular formula is C9H10F3NO2. The fraction of sp³-hybridized carbons (Fsp3) is 0.333. The molecule has 0 saturated heterocycles. The van der Waals surface area contributed by atoms with Gasteiger partial charge in [0.1, 0.15) is 11.5 Å². The number of hydrogen-bond acceptors (Lipinski definition) is 3. The van der Waals surface area contributed by atoms with Crippen molar-refractivity contribution in [1.82, 2.24) is 0 Å². The molecule has 6 heteroatoms. The third-order valence-corrected chi connectivity index (χ3v) is 1.54. The number of alkyl halides is 3. The zero-order valence-electron chi connectivity index (χ0n) is 7.97. The molecule has 0 radical (unpaired) electrons. The number of nitrogen functional groups attached to an aromatic ring is 1. The quantitative estimate of drug-likeness (QED) is 0.796. The van der Waals surface area contributed by atoms with Crippen LogP contribution in [-0.2, 0) is 0 Å². The topological polar surface area (TPSA) is 44.5 Å². The second kappa shape index (κ2) is 4.29. The van der Waals surface area contributed by atoms with Crippen LogP contribution in [0.25, 0.3) is 0 Å². The molecule has 0 unspecified atom stereocenters. The summed E-state index contributed by atoms with van der Waals surface area (Å²) in [6, 6.07) is 4.12. The maximum atomic E-state index is 11.8. The minimum Gasteiger partial charge on any atom is -0.497 e. The first-order valence-corrected chi connectivity index (χ1v) is 4.05. The van der Waals surface area contributed by atoms with E-state index in [1.807, 2.05) is 0 Å². The van der Waals surface area contributed by atoms with Gasteiger partial charge in [0.25, 0.3) is 0 Å². The van der Waals surface area contributed by atoms with Crippen molar-refractivity contribution in [2.24, 2.45) is 0 Å². The number of hydrogen-bond donors (Lipinski definition) is 1. The molecule has 1 rings (SSSR count). The van der Waals surface area contributed by atoms with Crippen LogP contribution in [0.1, 0.15) is 0 Å². The molecule has 0 aliphatic rings. The second-order valence-electron chi connectivity index (χ2n) is 2.85. The highest BCUT2D eigenvalue weighted by Gasteiger charge is 2.28. The standard InChI is InChI=1S/C9H10F3NO2/c1-14-7-2-6(13)3-8(4-7)15-5-9(10,11)12/h2-4H,5,13H2,1H3. The number of anilines is 1. The lowest BCUT2D eigenvalue weighted by Crippen LogP contribution is -2.19. The Labute approximate surface area is 84.6 Å². The SMILES string of the molecule is COc1cc(N)cc(OCC(F)(F)F)c1. The van der Waals surface area contributed by atoms with Crippen LogP contribution < -0.4 is 15.2 Å². The zero-order valence-corrected chi connectivity index (χ0v) is 7.97. The summed E-state index contributed by atoms with van der Waals surface area (Å²) in [4.78, 5) is 0. The van der Waals surface area contributed by atoms with Gasteiger partial charge < -0.3 is 15.2 Å². The van der Waals surface area contributed by atoms with Gasteiger partial charge in [-0.05, 0) is 0 Å². The van der Waals surface area contributed by atoms with Crippen LogP contribution in [0.3, 0.4) is 0 Å². The van der Waals surface area contributed by atoms with E-state index >= 15 is 0 Å². The smallest absolute Gasteiger partial charge is 0.422 e. The molecule has 1 aromatic carbocycles. The van der Waals surface area contributed by atoms with Gasteiger partial charge in [-0.15, -0.1) is 0 Å². The van der Waals surface area contributed by atoms with Crippen LogP contribution in [0.5, 0.6) is 11.5 Å². The Morgan fingerprint density at radius 1 is 1.20 bits per heavy atom. The average Bonchev–Trinajstić information content (AvgIpc) is 2.13. The third kappa shape index (κ3) is 3.97. The fourth-order valence-electron chi connectivity index (χ4n) is 0.960. The molecule has 0 aliphatic carbocycles. The molecule has 1 aromatic rings. The highest BCUT2D eigenvalue weighted by Crippen LogP contribution is 2.25. The molecule has 0 saturated carbocycles. The molecule has 15 heavy (non-hydrogen) atoms. The molecule has 0 fully saturated rings. The van der Waals surface area contributed by atoms with Gasteiger partial charge in [-0.25, -0.2) is 0 Å². The first kappa shape index (κ1) is 11.5. The second-order valence-corrected chi connectivity index (χ2v) is 2.85. The summed E-state index contributed by atoms with van der Waals surface area (Å²) in [5.74, 6) is 0.386. The van der Waals surface area contributed by atoms with E-state index < -0.39 is 12.8 Å². The van der Waals surface area contributed by atoms with E-state index in [2.05, 4.69) is 4.74 Å². The van der Waals surface area contributed by atoms with Crippen LogP contribution in [0, 0.1) is 0 Å². The van der Waals surface area contributed by atoms with Crippen LogP contribution in [0.2, 0.25) is 0 Å². The number of rotatable bonds is 3. The average molecular weight is 221 g/mol. The Morgan fingerprint density at radius 3 is 2.33 bits per heavy atom. The van der Waals surface area contributed by atoms with E-state index in [-0.39, 0.29) is 11.4 Å². The number of nitrogens with two attached hydrogens (primary N) is 1. The summed E-state index contributed by atoms with van der Waals surface area (Å²) in [7, 11) is 1.39. The minimum absolute atomic E-state index is 0.0316. The Morgan fingerprint density at radius 2 is 1.80 bits per heavy atom. The van der Waals surface area contributed by atoms with Crippen molar-refractivity contribution in [2.75, 3.05) is 19.5 Å². The molecule has 0 amide bonds. The largest absolute Gasteiger partial charge is 0.497 e. The van der Waals surface area contributed by atoms with Gasteiger partial charge in [0.05, 0.1) is 7.11 Å². The minimum atomic E-state index is -4.36. The molecule has 0 aromatic heterocycles. The molecule has 0 spiro atoms. The molecule has 2 N–H and O–H groups in total. The summed E-state index contributed by atoms with van der Waals surface area (Å²) < 4.78 is 44.8. The fourth-order valence-corrected chi connectivity index (χ4v) is 0.960. The van der Waals surface area contributed by atoms with Gasteiger partial charge in [-0.1, -0.05) is 0 Å². The van der Waals surface area contributed by atoms with Gasteiger partial charge >= 0.3 is 6.18 Å².